The Balaban J connectivity index is 1.30. The predicted molar refractivity (Wildman–Crippen MR) is 124 cm³/mol. The van der Waals surface area contributed by atoms with Crippen molar-refractivity contribution in [3.05, 3.63) is 42.0 Å². The van der Waals surface area contributed by atoms with Gasteiger partial charge in [0.25, 0.3) is 21.9 Å². The van der Waals surface area contributed by atoms with Gasteiger partial charge in [0.15, 0.2) is 0 Å². The van der Waals surface area contributed by atoms with Crippen molar-refractivity contribution >= 4 is 21.9 Å². The number of benzene rings is 1. The molecule has 35 heavy (non-hydrogen) atoms. The topological polar surface area (TPSA) is 127 Å². The minimum absolute atomic E-state index is 0.0698. The Kier molecular flexibility index (Phi) is 13.7. The van der Waals surface area contributed by atoms with Gasteiger partial charge in [-0.3, -0.25) is 18.7 Å². The van der Waals surface area contributed by atoms with Crippen LogP contribution in [0.1, 0.15) is 5.56 Å². The summed E-state index contributed by atoms with van der Waals surface area (Å²) in [6.07, 6.45) is 2.48. The van der Waals surface area contributed by atoms with Crippen LogP contribution >= 0.6 is 0 Å². The zero-order valence-corrected chi connectivity index (χ0v) is 20.7. The molecular weight excluding hydrogens is 482 g/mol. The molecule has 0 aromatic heterocycles. The van der Waals surface area contributed by atoms with Crippen LogP contribution in [-0.2, 0) is 47.6 Å². The Hall–Kier alpha value is -2.19. The number of amides is 2. The number of ether oxygens (including phenoxy) is 5. The lowest BCUT2D eigenvalue weighted by atomic mass is 10.2. The molecule has 0 aliphatic carbocycles. The van der Waals surface area contributed by atoms with Gasteiger partial charge in [-0.25, -0.2) is 0 Å². The number of hydrogen-bond acceptors (Lipinski definition) is 10. The summed E-state index contributed by atoms with van der Waals surface area (Å²) in [5, 5.41) is 0. The maximum absolute atomic E-state index is 12.0. The SMILES string of the molecule is Cc1ccc(S(=O)(=O)OCCOCCOCCOCCOCCOCCN2C(=O)C=CC2=O)cc1. The molecule has 2 rings (SSSR count). The van der Waals surface area contributed by atoms with Crippen LogP contribution in [0.25, 0.3) is 0 Å². The van der Waals surface area contributed by atoms with Crippen molar-refractivity contribution in [3.8, 4) is 0 Å². The number of aryl methyl sites for hydroxylation is 1. The molecule has 0 spiro atoms. The highest BCUT2D eigenvalue weighted by Gasteiger charge is 2.22. The van der Waals surface area contributed by atoms with E-state index in [0.29, 0.717) is 52.9 Å². The van der Waals surface area contributed by atoms with Crippen molar-refractivity contribution in [3.63, 3.8) is 0 Å². The zero-order valence-electron chi connectivity index (χ0n) is 19.9. The largest absolute Gasteiger partial charge is 0.377 e. The molecule has 196 valence electrons. The van der Waals surface area contributed by atoms with Gasteiger partial charge >= 0.3 is 0 Å². The number of rotatable bonds is 20. The first kappa shape index (κ1) is 29.0. The van der Waals surface area contributed by atoms with E-state index in [1.807, 2.05) is 6.92 Å². The summed E-state index contributed by atoms with van der Waals surface area (Å²) in [7, 11) is -3.78. The molecule has 11 nitrogen and oxygen atoms in total. The zero-order chi connectivity index (χ0) is 25.4. The Morgan fingerprint density at radius 1 is 0.629 bits per heavy atom. The summed E-state index contributed by atoms with van der Waals surface area (Å²) in [5.41, 5.74) is 0.968. The quantitative estimate of drug-likeness (QED) is 0.139. The van der Waals surface area contributed by atoms with Crippen molar-refractivity contribution in [2.45, 2.75) is 11.8 Å². The lowest BCUT2D eigenvalue weighted by Gasteiger charge is -2.13. The third kappa shape index (κ3) is 11.9. The molecule has 0 unspecified atom stereocenters. The smallest absolute Gasteiger partial charge is 0.297 e. The van der Waals surface area contributed by atoms with Crippen LogP contribution < -0.4 is 0 Å². The first-order valence-corrected chi connectivity index (χ1v) is 12.7. The first-order chi connectivity index (χ1) is 16.9. The molecule has 1 aliphatic heterocycles. The van der Waals surface area contributed by atoms with Crippen molar-refractivity contribution < 1.29 is 45.9 Å². The van der Waals surface area contributed by atoms with Gasteiger partial charge in [0, 0.05) is 12.2 Å². The summed E-state index contributed by atoms with van der Waals surface area (Å²) in [6, 6.07) is 6.44. The summed E-state index contributed by atoms with van der Waals surface area (Å²) < 4.78 is 55.7. The third-order valence-corrected chi connectivity index (χ3v) is 5.95. The highest BCUT2D eigenvalue weighted by Crippen LogP contribution is 2.12. The number of nitrogens with zero attached hydrogens (tertiary/aromatic N) is 1. The molecule has 0 bridgehead atoms. The van der Waals surface area contributed by atoms with Gasteiger partial charge in [0.1, 0.15) is 0 Å². The van der Waals surface area contributed by atoms with Gasteiger partial charge in [-0.2, -0.15) is 8.42 Å². The molecule has 1 heterocycles. The number of carbonyl (C=O) groups is 2. The van der Waals surface area contributed by atoms with Crippen LogP contribution in [0.15, 0.2) is 41.3 Å². The van der Waals surface area contributed by atoms with E-state index in [9.17, 15) is 18.0 Å². The highest BCUT2D eigenvalue weighted by atomic mass is 32.2. The minimum atomic E-state index is -3.78. The van der Waals surface area contributed by atoms with Crippen molar-refractivity contribution in [1.82, 2.24) is 4.90 Å². The summed E-state index contributed by atoms with van der Waals surface area (Å²) in [5.74, 6) is -0.638. The fraction of sp³-hybridized carbons (Fsp3) is 0.565. The second-order valence-electron chi connectivity index (χ2n) is 7.31. The molecule has 1 aliphatic rings. The Labute approximate surface area is 206 Å². The minimum Gasteiger partial charge on any atom is -0.377 e. The van der Waals surface area contributed by atoms with E-state index in [1.54, 1.807) is 12.1 Å². The molecule has 0 atom stereocenters. The van der Waals surface area contributed by atoms with Crippen molar-refractivity contribution in [2.75, 3.05) is 79.2 Å². The van der Waals surface area contributed by atoms with Crippen LogP contribution in [0.4, 0.5) is 0 Å². The van der Waals surface area contributed by atoms with Gasteiger partial charge in [-0.1, -0.05) is 17.7 Å². The van der Waals surface area contributed by atoms with Crippen LogP contribution in [0.3, 0.4) is 0 Å². The van der Waals surface area contributed by atoms with Crippen LogP contribution in [0, 0.1) is 6.92 Å². The van der Waals surface area contributed by atoms with Gasteiger partial charge in [-0.05, 0) is 19.1 Å². The lowest BCUT2D eigenvalue weighted by Crippen LogP contribution is -2.33. The number of carbonyl (C=O) groups excluding carboxylic acids is 2. The van der Waals surface area contributed by atoms with E-state index in [4.69, 9.17) is 27.9 Å². The molecule has 1 aromatic carbocycles. The standard InChI is InChI=1S/C23H33NO10S/c1-20-2-4-21(5-3-20)35(27,28)34-19-18-33-17-16-32-15-14-31-13-12-30-11-10-29-9-8-24-22(25)6-7-23(24)26/h2-7H,8-19H2,1H3. The average molecular weight is 516 g/mol. The maximum Gasteiger partial charge on any atom is 0.297 e. The molecule has 1 aromatic rings. The normalized spacial score (nSPS) is 13.8. The van der Waals surface area contributed by atoms with E-state index in [0.717, 1.165) is 10.5 Å². The van der Waals surface area contributed by atoms with E-state index >= 15 is 0 Å². The fourth-order valence-corrected chi connectivity index (χ4v) is 3.66. The highest BCUT2D eigenvalue weighted by molar-refractivity contribution is 7.86. The van der Waals surface area contributed by atoms with Crippen LogP contribution in [-0.4, -0.2) is 104 Å². The maximum atomic E-state index is 12.0. The number of imide groups is 1. The van der Waals surface area contributed by atoms with Gasteiger partial charge < -0.3 is 23.7 Å². The monoisotopic (exact) mass is 515 g/mol. The fourth-order valence-electron chi connectivity index (χ4n) is 2.76. The Morgan fingerprint density at radius 3 is 1.49 bits per heavy atom. The number of hydrogen-bond donors (Lipinski definition) is 0. The van der Waals surface area contributed by atoms with Crippen molar-refractivity contribution in [1.29, 1.82) is 0 Å². The first-order valence-electron chi connectivity index (χ1n) is 11.3. The summed E-state index contributed by atoms with van der Waals surface area (Å²) in [6.45, 7) is 5.46. The average Bonchev–Trinajstić information content (AvgIpc) is 3.15. The van der Waals surface area contributed by atoms with Crippen molar-refractivity contribution in [2.24, 2.45) is 0 Å². The van der Waals surface area contributed by atoms with E-state index in [1.165, 1.54) is 24.3 Å². The van der Waals surface area contributed by atoms with Crippen LogP contribution in [0.5, 0.6) is 0 Å². The Morgan fingerprint density at radius 2 is 1.03 bits per heavy atom. The summed E-state index contributed by atoms with van der Waals surface area (Å²) in [4.78, 5) is 23.9. The molecular formula is C23H33NO10S. The lowest BCUT2D eigenvalue weighted by molar-refractivity contribution is -0.137. The molecule has 0 fully saturated rings. The summed E-state index contributed by atoms with van der Waals surface area (Å²) >= 11 is 0. The van der Waals surface area contributed by atoms with E-state index < -0.39 is 10.1 Å². The van der Waals surface area contributed by atoms with Gasteiger partial charge in [-0.15, -0.1) is 0 Å². The van der Waals surface area contributed by atoms with E-state index in [2.05, 4.69) is 0 Å². The molecule has 0 radical (unpaired) electrons. The third-order valence-electron chi connectivity index (χ3n) is 4.62. The second kappa shape index (κ2) is 16.5. The molecule has 12 heteroatoms. The van der Waals surface area contributed by atoms with E-state index in [-0.39, 0.29) is 43.1 Å². The molecule has 0 saturated carbocycles. The van der Waals surface area contributed by atoms with Gasteiger partial charge in [0.2, 0.25) is 0 Å². The molecule has 2 amide bonds. The second-order valence-corrected chi connectivity index (χ2v) is 8.93. The molecule has 0 N–H and O–H groups in total. The Bertz CT molecular complexity index is 883. The molecule has 0 saturated heterocycles. The van der Waals surface area contributed by atoms with Crippen LogP contribution in [0.2, 0.25) is 0 Å². The predicted octanol–water partition coefficient (Wildman–Crippen LogP) is 0.708. The van der Waals surface area contributed by atoms with Gasteiger partial charge in [0.05, 0.1) is 84.1 Å².